The number of hydrogen-bond acceptors (Lipinski definition) is 2. The summed E-state index contributed by atoms with van der Waals surface area (Å²) in [4.78, 5) is 0. The monoisotopic (exact) mass is 165 g/mol. The zero-order valence-corrected chi connectivity index (χ0v) is 7.63. The molecule has 0 amide bonds. The Balaban J connectivity index is 2.52. The Morgan fingerprint density at radius 2 is 2.42 bits per heavy atom. The van der Waals surface area contributed by atoms with Crippen molar-refractivity contribution in [3.63, 3.8) is 0 Å². The molecule has 1 atom stereocenters. The van der Waals surface area contributed by atoms with E-state index < -0.39 is 0 Å². The number of hydrogen-bond donors (Lipinski definition) is 1. The van der Waals surface area contributed by atoms with E-state index >= 15 is 0 Å². The molecule has 0 aromatic carbocycles. The summed E-state index contributed by atoms with van der Waals surface area (Å²) in [5, 5.41) is 3.25. The van der Waals surface area contributed by atoms with Crippen molar-refractivity contribution < 1.29 is 4.42 Å². The maximum absolute atomic E-state index is 5.45. The quantitative estimate of drug-likeness (QED) is 0.693. The second-order valence-electron chi connectivity index (χ2n) is 2.87. The van der Waals surface area contributed by atoms with Crippen LogP contribution in [0.3, 0.4) is 0 Å². The Morgan fingerprint density at radius 1 is 1.67 bits per heavy atom. The standard InChI is InChI=1S/C10H15NO/c1-4-7-11-9(3)10-6-5-8(2)12-10/h4-6,9,11H,1,7H2,2-3H3/t9-/m0/s1. The minimum absolute atomic E-state index is 0.261. The predicted octanol–water partition coefficient (Wildman–Crippen LogP) is 2.42. The van der Waals surface area contributed by atoms with Gasteiger partial charge in [0.25, 0.3) is 0 Å². The van der Waals surface area contributed by atoms with E-state index in [9.17, 15) is 0 Å². The van der Waals surface area contributed by atoms with E-state index in [1.54, 1.807) is 0 Å². The van der Waals surface area contributed by atoms with Crippen molar-refractivity contribution in [2.45, 2.75) is 19.9 Å². The van der Waals surface area contributed by atoms with Gasteiger partial charge in [-0.3, -0.25) is 0 Å². The fraction of sp³-hybridized carbons (Fsp3) is 0.400. The molecule has 0 spiro atoms. The summed E-state index contributed by atoms with van der Waals surface area (Å²) in [5.74, 6) is 1.94. The van der Waals surface area contributed by atoms with E-state index in [0.29, 0.717) is 0 Å². The lowest BCUT2D eigenvalue weighted by atomic mass is 10.2. The molecule has 0 aliphatic carbocycles. The minimum Gasteiger partial charge on any atom is -0.465 e. The Hall–Kier alpha value is -1.02. The maximum atomic E-state index is 5.45. The molecule has 2 nitrogen and oxygen atoms in total. The predicted molar refractivity (Wildman–Crippen MR) is 50.1 cm³/mol. The van der Waals surface area contributed by atoms with Crippen molar-refractivity contribution in [2.75, 3.05) is 6.54 Å². The second-order valence-corrected chi connectivity index (χ2v) is 2.87. The van der Waals surface area contributed by atoms with Crippen LogP contribution in [-0.2, 0) is 0 Å². The summed E-state index contributed by atoms with van der Waals surface area (Å²) in [6, 6.07) is 4.23. The highest BCUT2D eigenvalue weighted by atomic mass is 16.3. The van der Waals surface area contributed by atoms with Crippen LogP contribution in [0.25, 0.3) is 0 Å². The van der Waals surface area contributed by atoms with Gasteiger partial charge in [0.05, 0.1) is 6.04 Å². The van der Waals surface area contributed by atoms with Crippen LogP contribution in [0, 0.1) is 6.92 Å². The van der Waals surface area contributed by atoms with Crippen molar-refractivity contribution in [3.05, 3.63) is 36.3 Å². The average molecular weight is 165 g/mol. The summed E-state index contributed by atoms with van der Waals surface area (Å²) in [6.07, 6.45) is 1.84. The fourth-order valence-electron chi connectivity index (χ4n) is 1.05. The van der Waals surface area contributed by atoms with Gasteiger partial charge in [0.2, 0.25) is 0 Å². The van der Waals surface area contributed by atoms with Crippen LogP contribution in [0.15, 0.2) is 29.2 Å². The molecule has 0 saturated carbocycles. The topological polar surface area (TPSA) is 25.2 Å². The molecule has 0 saturated heterocycles. The van der Waals surface area contributed by atoms with E-state index in [1.165, 1.54) is 0 Å². The molecule has 12 heavy (non-hydrogen) atoms. The molecule has 1 rings (SSSR count). The molecule has 2 heteroatoms. The zero-order valence-electron chi connectivity index (χ0n) is 7.63. The van der Waals surface area contributed by atoms with Gasteiger partial charge >= 0.3 is 0 Å². The van der Waals surface area contributed by atoms with Crippen molar-refractivity contribution in [3.8, 4) is 0 Å². The van der Waals surface area contributed by atoms with Gasteiger partial charge in [0.1, 0.15) is 11.5 Å². The fourth-order valence-corrected chi connectivity index (χ4v) is 1.05. The van der Waals surface area contributed by atoms with Crippen LogP contribution in [0.4, 0.5) is 0 Å². The van der Waals surface area contributed by atoms with Crippen LogP contribution in [0.1, 0.15) is 24.5 Å². The molecule has 0 unspecified atom stereocenters. The Morgan fingerprint density at radius 3 is 2.92 bits per heavy atom. The van der Waals surface area contributed by atoms with Gasteiger partial charge in [-0.2, -0.15) is 0 Å². The van der Waals surface area contributed by atoms with Crippen LogP contribution in [0.2, 0.25) is 0 Å². The first-order chi connectivity index (χ1) is 5.74. The second kappa shape index (κ2) is 4.12. The summed E-state index contributed by atoms with van der Waals surface area (Å²) < 4.78 is 5.45. The van der Waals surface area contributed by atoms with E-state index in [4.69, 9.17) is 4.42 Å². The molecule has 0 fully saturated rings. The highest BCUT2D eigenvalue weighted by Gasteiger charge is 2.06. The summed E-state index contributed by atoms with van der Waals surface area (Å²) in [7, 11) is 0. The van der Waals surface area contributed by atoms with Crippen LogP contribution in [0.5, 0.6) is 0 Å². The van der Waals surface area contributed by atoms with Crippen molar-refractivity contribution in [1.29, 1.82) is 0 Å². The van der Waals surface area contributed by atoms with E-state index in [1.807, 2.05) is 25.1 Å². The minimum atomic E-state index is 0.261. The van der Waals surface area contributed by atoms with Crippen LogP contribution in [-0.4, -0.2) is 6.54 Å². The van der Waals surface area contributed by atoms with Crippen LogP contribution < -0.4 is 5.32 Å². The van der Waals surface area contributed by atoms with E-state index in [-0.39, 0.29) is 6.04 Å². The Labute approximate surface area is 73.3 Å². The smallest absolute Gasteiger partial charge is 0.120 e. The van der Waals surface area contributed by atoms with Gasteiger partial charge < -0.3 is 9.73 Å². The maximum Gasteiger partial charge on any atom is 0.120 e. The third kappa shape index (κ3) is 2.24. The Bertz CT molecular complexity index is 252. The highest BCUT2D eigenvalue weighted by molar-refractivity contribution is 5.08. The van der Waals surface area contributed by atoms with Crippen molar-refractivity contribution in [1.82, 2.24) is 5.32 Å². The first kappa shape index (κ1) is 9.07. The molecule has 0 aliphatic heterocycles. The third-order valence-corrected chi connectivity index (χ3v) is 1.76. The Kier molecular flexibility index (Phi) is 3.11. The number of furan rings is 1. The lowest BCUT2D eigenvalue weighted by Gasteiger charge is -2.08. The molecule has 0 radical (unpaired) electrons. The first-order valence-corrected chi connectivity index (χ1v) is 4.14. The summed E-state index contributed by atoms with van der Waals surface area (Å²) >= 11 is 0. The van der Waals surface area contributed by atoms with Gasteiger partial charge in [-0.25, -0.2) is 0 Å². The molecule has 66 valence electrons. The summed E-state index contributed by atoms with van der Waals surface area (Å²) in [5.41, 5.74) is 0. The molecular weight excluding hydrogens is 150 g/mol. The summed E-state index contributed by atoms with van der Waals surface area (Å²) in [6.45, 7) is 8.46. The van der Waals surface area contributed by atoms with E-state index in [0.717, 1.165) is 18.1 Å². The molecule has 1 aromatic rings. The van der Waals surface area contributed by atoms with Crippen molar-refractivity contribution in [2.24, 2.45) is 0 Å². The first-order valence-electron chi connectivity index (χ1n) is 4.14. The lowest BCUT2D eigenvalue weighted by molar-refractivity contribution is 0.425. The average Bonchev–Trinajstić information content (AvgIpc) is 2.47. The van der Waals surface area contributed by atoms with Gasteiger partial charge in [0.15, 0.2) is 0 Å². The molecular formula is C10H15NO. The molecule has 1 N–H and O–H groups in total. The van der Waals surface area contributed by atoms with Gasteiger partial charge in [-0.15, -0.1) is 6.58 Å². The lowest BCUT2D eigenvalue weighted by Crippen LogP contribution is -2.17. The van der Waals surface area contributed by atoms with E-state index in [2.05, 4.69) is 18.8 Å². The number of aryl methyl sites for hydroxylation is 1. The largest absolute Gasteiger partial charge is 0.465 e. The van der Waals surface area contributed by atoms with Gasteiger partial charge in [-0.1, -0.05) is 6.08 Å². The van der Waals surface area contributed by atoms with Crippen LogP contribution >= 0.6 is 0 Å². The highest BCUT2D eigenvalue weighted by Crippen LogP contribution is 2.14. The molecule has 0 bridgehead atoms. The SMILES string of the molecule is C=CCN[C@@H](C)c1ccc(C)o1. The molecule has 0 aliphatic rings. The number of nitrogens with one attached hydrogen (secondary N) is 1. The molecule has 1 aromatic heterocycles. The number of rotatable bonds is 4. The van der Waals surface area contributed by atoms with Gasteiger partial charge in [0, 0.05) is 6.54 Å². The third-order valence-electron chi connectivity index (χ3n) is 1.76. The normalized spacial score (nSPS) is 12.8. The van der Waals surface area contributed by atoms with Crippen molar-refractivity contribution >= 4 is 0 Å². The zero-order chi connectivity index (χ0) is 8.97. The van der Waals surface area contributed by atoms with Gasteiger partial charge in [-0.05, 0) is 26.0 Å². The molecule has 1 heterocycles.